The molecule has 0 amide bonds. The lowest BCUT2D eigenvalue weighted by atomic mass is 9.98. The number of rotatable bonds is 16. The summed E-state index contributed by atoms with van der Waals surface area (Å²) in [6.45, 7) is 7.11. The van der Waals surface area contributed by atoms with Gasteiger partial charge < -0.3 is 24.6 Å². The maximum absolute atomic E-state index is 12.8. The fourth-order valence-corrected chi connectivity index (χ4v) is 6.25. The smallest absolute Gasteiger partial charge is 0.338 e. The lowest BCUT2D eigenvalue weighted by Gasteiger charge is -2.23. The number of aliphatic hydroxyl groups is 1. The van der Waals surface area contributed by atoms with Crippen LogP contribution in [0.5, 0.6) is 11.5 Å². The number of benzene rings is 5. The van der Waals surface area contributed by atoms with Gasteiger partial charge in [0.1, 0.15) is 31.3 Å². The van der Waals surface area contributed by atoms with E-state index in [-0.39, 0.29) is 30.9 Å². The quantitative estimate of drug-likeness (QED) is 0.0718. The molecule has 0 fully saturated rings. The number of aryl methyl sites for hydroxylation is 2. The number of anilines is 1. The van der Waals surface area contributed by atoms with Crippen molar-refractivity contribution in [1.82, 2.24) is 5.32 Å². The van der Waals surface area contributed by atoms with Gasteiger partial charge in [-0.2, -0.15) is 0 Å². The van der Waals surface area contributed by atoms with Crippen molar-refractivity contribution >= 4 is 21.7 Å². The molecule has 0 saturated heterocycles. The zero-order valence-electron chi connectivity index (χ0n) is 29.3. The van der Waals surface area contributed by atoms with E-state index < -0.39 is 16.1 Å². The highest BCUT2D eigenvalue weighted by Crippen LogP contribution is 2.32. The molecule has 10 heteroatoms. The molecule has 5 aromatic rings. The Morgan fingerprint density at radius 2 is 1.41 bits per heavy atom. The Balaban J connectivity index is 1.16. The van der Waals surface area contributed by atoms with Crippen LogP contribution in [0.25, 0.3) is 11.1 Å². The van der Waals surface area contributed by atoms with Gasteiger partial charge >= 0.3 is 5.97 Å². The summed E-state index contributed by atoms with van der Waals surface area (Å²) in [6, 6.07) is 35.2. The predicted molar refractivity (Wildman–Crippen MR) is 201 cm³/mol. The van der Waals surface area contributed by atoms with Gasteiger partial charge in [-0.25, -0.2) is 13.2 Å². The first-order valence-corrected chi connectivity index (χ1v) is 18.6. The van der Waals surface area contributed by atoms with Crippen LogP contribution in [-0.4, -0.2) is 44.9 Å². The van der Waals surface area contributed by atoms with Gasteiger partial charge in [-0.3, -0.25) is 4.72 Å². The van der Waals surface area contributed by atoms with Gasteiger partial charge in [0.15, 0.2) is 0 Å². The average molecular weight is 709 g/mol. The molecule has 0 spiro atoms. The van der Waals surface area contributed by atoms with Crippen LogP contribution < -0.4 is 19.5 Å². The molecule has 0 aromatic heterocycles. The molecule has 0 aliphatic carbocycles. The number of hydrogen-bond donors (Lipinski definition) is 3. The molecule has 5 rings (SSSR count). The molecule has 51 heavy (non-hydrogen) atoms. The van der Waals surface area contributed by atoms with Crippen molar-refractivity contribution in [1.29, 1.82) is 0 Å². The Hall–Kier alpha value is -5.16. The van der Waals surface area contributed by atoms with Gasteiger partial charge in [0.05, 0.1) is 23.6 Å². The molecule has 5 aromatic carbocycles. The van der Waals surface area contributed by atoms with Crippen molar-refractivity contribution in [3.63, 3.8) is 0 Å². The normalized spacial score (nSPS) is 12.5. The third kappa shape index (κ3) is 10.7. The van der Waals surface area contributed by atoms with Crippen LogP contribution in [-0.2, 0) is 28.0 Å². The van der Waals surface area contributed by atoms with Crippen molar-refractivity contribution in [2.24, 2.45) is 0 Å². The molecule has 0 saturated carbocycles. The van der Waals surface area contributed by atoms with Crippen molar-refractivity contribution in [3.05, 3.63) is 149 Å². The molecule has 0 radical (unpaired) electrons. The Labute approximate surface area is 300 Å². The van der Waals surface area contributed by atoms with Crippen molar-refractivity contribution in [3.8, 4) is 22.6 Å². The zero-order valence-corrected chi connectivity index (χ0v) is 30.1. The van der Waals surface area contributed by atoms with Gasteiger partial charge in [-0.15, -0.1) is 0 Å². The van der Waals surface area contributed by atoms with E-state index in [0.717, 1.165) is 45.4 Å². The lowest BCUT2D eigenvalue weighted by Crippen LogP contribution is -2.35. The summed E-state index contributed by atoms with van der Waals surface area (Å²) in [5, 5.41) is 14.4. The van der Waals surface area contributed by atoms with E-state index >= 15 is 0 Å². The summed E-state index contributed by atoms with van der Waals surface area (Å²) in [6.07, 6.45) is 0.144. The minimum atomic E-state index is -3.59. The summed E-state index contributed by atoms with van der Waals surface area (Å²) in [5.74, 6) is 0.756. The second kappa shape index (κ2) is 17.2. The number of carbonyl (C=O) groups is 1. The molecule has 0 bridgehead atoms. The van der Waals surface area contributed by atoms with Crippen molar-refractivity contribution in [2.75, 3.05) is 24.1 Å². The monoisotopic (exact) mass is 708 g/mol. The van der Waals surface area contributed by atoms with Crippen LogP contribution >= 0.6 is 0 Å². The first-order valence-electron chi connectivity index (χ1n) is 16.7. The highest BCUT2D eigenvalue weighted by Gasteiger charge is 2.20. The Bertz CT molecular complexity index is 2010. The van der Waals surface area contributed by atoms with E-state index in [4.69, 9.17) is 14.2 Å². The minimum Gasteiger partial charge on any atom is -0.492 e. The van der Waals surface area contributed by atoms with E-state index in [0.29, 0.717) is 30.0 Å². The largest absolute Gasteiger partial charge is 0.492 e. The third-order valence-electron chi connectivity index (χ3n) is 8.27. The second-order valence-corrected chi connectivity index (χ2v) is 14.3. The van der Waals surface area contributed by atoms with Crippen LogP contribution in [0.3, 0.4) is 0 Å². The topological polar surface area (TPSA) is 123 Å². The van der Waals surface area contributed by atoms with Gasteiger partial charge in [0.2, 0.25) is 10.0 Å². The predicted octanol–water partition coefficient (Wildman–Crippen LogP) is 7.37. The van der Waals surface area contributed by atoms with E-state index in [9.17, 15) is 18.3 Å². The van der Waals surface area contributed by atoms with Gasteiger partial charge in [0, 0.05) is 12.6 Å². The number of ether oxygens (including phenoxy) is 3. The van der Waals surface area contributed by atoms with Gasteiger partial charge in [0.25, 0.3) is 0 Å². The summed E-state index contributed by atoms with van der Waals surface area (Å²) in [5.41, 5.74) is 6.91. The Morgan fingerprint density at radius 1 is 0.765 bits per heavy atom. The molecule has 0 unspecified atom stereocenters. The molecule has 266 valence electrons. The van der Waals surface area contributed by atoms with E-state index in [2.05, 4.69) is 10.0 Å². The Morgan fingerprint density at radius 3 is 2.06 bits per heavy atom. The van der Waals surface area contributed by atoms with Gasteiger partial charge in [-0.1, -0.05) is 78.9 Å². The summed E-state index contributed by atoms with van der Waals surface area (Å²) >= 11 is 0. The van der Waals surface area contributed by atoms with Crippen LogP contribution in [0.2, 0.25) is 0 Å². The number of hydrogen-bond acceptors (Lipinski definition) is 8. The van der Waals surface area contributed by atoms with E-state index in [1.54, 1.807) is 24.3 Å². The molecular weight excluding hydrogens is 665 g/mol. The van der Waals surface area contributed by atoms with Crippen LogP contribution in [0.4, 0.5) is 5.69 Å². The maximum Gasteiger partial charge on any atom is 0.338 e. The first kappa shape index (κ1) is 37.1. The van der Waals surface area contributed by atoms with E-state index in [1.165, 1.54) is 0 Å². The standard InChI is InChI=1S/C41H44N2O7S/c1-28-22-36(33-16-11-17-35(24-33)41(45)50-27-32-14-9-6-10-15-32)23-29(2)40(28)48-21-20-42-30(3)39(44)34-18-19-38(37(25-34)43-51(4,46)47)49-26-31-12-7-5-8-13-31/h5-19,22-25,30,39,42-44H,20-21,26-27H2,1-4H3/t30-,39-/m0/s1. The number of nitrogens with one attached hydrogen (secondary N) is 2. The first-order chi connectivity index (χ1) is 24.5. The lowest BCUT2D eigenvalue weighted by molar-refractivity contribution is 0.0472. The van der Waals surface area contributed by atoms with E-state index in [1.807, 2.05) is 112 Å². The highest BCUT2D eigenvalue weighted by molar-refractivity contribution is 7.92. The zero-order chi connectivity index (χ0) is 36.4. The molecule has 0 aliphatic heterocycles. The second-order valence-electron chi connectivity index (χ2n) is 12.5. The van der Waals surface area contributed by atoms with Gasteiger partial charge in [-0.05, 0) is 96.1 Å². The fourth-order valence-electron chi connectivity index (χ4n) is 5.69. The molecular formula is C41H44N2O7S. The molecule has 3 N–H and O–H groups in total. The molecule has 2 atom stereocenters. The number of aliphatic hydroxyl groups excluding tert-OH is 1. The minimum absolute atomic E-state index is 0.211. The van der Waals surface area contributed by atoms with Crippen LogP contribution in [0.1, 0.15) is 51.2 Å². The average Bonchev–Trinajstić information content (AvgIpc) is 3.12. The van der Waals surface area contributed by atoms with Crippen molar-refractivity contribution < 1.29 is 32.5 Å². The summed E-state index contributed by atoms with van der Waals surface area (Å²) in [4.78, 5) is 12.8. The molecule has 0 heterocycles. The molecule has 9 nitrogen and oxygen atoms in total. The van der Waals surface area contributed by atoms with Crippen molar-refractivity contribution in [2.45, 2.75) is 46.1 Å². The maximum atomic E-state index is 12.8. The highest BCUT2D eigenvalue weighted by atomic mass is 32.2. The summed E-state index contributed by atoms with van der Waals surface area (Å²) in [7, 11) is -3.59. The van der Waals surface area contributed by atoms with Crippen LogP contribution in [0, 0.1) is 13.8 Å². The summed E-state index contributed by atoms with van der Waals surface area (Å²) < 4.78 is 44.3. The number of sulfonamides is 1. The van der Waals surface area contributed by atoms with Crippen LogP contribution in [0.15, 0.2) is 115 Å². The number of carbonyl (C=O) groups excluding carboxylic acids is 1. The third-order valence-corrected chi connectivity index (χ3v) is 8.86. The number of esters is 1. The molecule has 0 aliphatic rings. The SMILES string of the molecule is Cc1cc(-c2cccc(C(=O)OCc3ccccc3)c2)cc(C)c1OCCN[C@@H](C)[C@H](O)c1ccc(OCc2ccccc2)c(NS(C)(=O)=O)c1. The fraction of sp³-hybridized carbons (Fsp3) is 0.244. The Kier molecular flexibility index (Phi) is 12.5.